The summed E-state index contributed by atoms with van der Waals surface area (Å²) in [5.74, 6) is 6.20. The molecule has 1 saturated heterocycles. The van der Waals surface area contributed by atoms with E-state index in [4.69, 9.17) is 0 Å². The molecular formula is C8H18Ge. The summed E-state index contributed by atoms with van der Waals surface area (Å²) < 4.78 is 0. The number of hydrogen-bond acceptors (Lipinski definition) is 0. The third-order valence-electron chi connectivity index (χ3n) is 2.63. The molecule has 0 amide bonds. The van der Waals surface area contributed by atoms with Crippen molar-refractivity contribution in [3.8, 4) is 0 Å². The maximum absolute atomic E-state index is 2.58. The second-order valence-electron chi connectivity index (χ2n) is 4.35. The Morgan fingerprint density at radius 1 is 1.11 bits per heavy atom. The molecular weight excluding hydrogens is 169 g/mol. The first kappa shape index (κ1) is 7.65. The molecule has 0 saturated carbocycles. The van der Waals surface area contributed by atoms with E-state index in [1.54, 1.807) is 10.5 Å². The Bertz CT molecular complexity index is 86.7. The Kier molecular flexibility index (Phi) is 2.25. The molecule has 1 aliphatic rings. The van der Waals surface area contributed by atoms with Crippen LogP contribution >= 0.6 is 0 Å². The summed E-state index contributed by atoms with van der Waals surface area (Å²) in [4.78, 5) is 0. The summed E-state index contributed by atoms with van der Waals surface area (Å²) in [6, 6.07) is 0. The monoisotopic (exact) mass is 188 g/mol. The van der Waals surface area contributed by atoms with Crippen molar-refractivity contribution < 1.29 is 0 Å². The molecule has 0 spiro atoms. The Morgan fingerprint density at radius 2 is 1.56 bits per heavy atom. The molecule has 0 aromatic heterocycles. The topological polar surface area (TPSA) is 0 Å². The third-order valence-corrected chi connectivity index (χ3v) is 9.52. The molecule has 0 unspecified atom stereocenters. The molecule has 1 fully saturated rings. The van der Waals surface area contributed by atoms with Gasteiger partial charge in [0.1, 0.15) is 0 Å². The molecule has 0 aromatic carbocycles. The fraction of sp³-hybridized carbons (Fsp3) is 1.00. The van der Waals surface area contributed by atoms with Crippen LogP contribution in [0.5, 0.6) is 0 Å². The van der Waals surface area contributed by atoms with Crippen molar-refractivity contribution in [1.29, 1.82) is 0 Å². The van der Waals surface area contributed by atoms with Gasteiger partial charge in [-0.15, -0.1) is 0 Å². The summed E-state index contributed by atoms with van der Waals surface area (Å²) in [5.41, 5.74) is 0. The predicted octanol–water partition coefficient (Wildman–Crippen LogP) is 3.12. The van der Waals surface area contributed by atoms with E-state index >= 15 is 0 Å². The second-order valence-corrected chi connectivity index (χ2v) is 15.5. The van der Waals surface area contributed by atoms with Crippen LogP contribution in [0.3, 0.4) is 0 Å². The van der Waals surface area contributed by atoms with E-state index in [0.29, 0.717) is 0 Å². The van der Waals surface area contributed by atoms with Crippen molar-refractivity contribution >= 4 is 13.3 Å². The van der Waals surface area contributed by atoms with Gasteiger partial charge in [-0.2, -0.15) is 0 Å². The van der Waals surface area contributed by atoms with E-state index in [1.807, 2.05) is 0 Å². The van der Waals surface area contributed by atoms with Gasteiger partial charge < -0.3 is 0 Å². The fourth-order valence-electron chi connectivity index (χ4n) is 1.54. The van der Waals surface area contributed by atoms with Gasteiger partial charge in [0, 0.05) is 0 Å². The first-order chi connectivity index (χ1) is 4.10. The number of rotatable bonds is 0. The zero-order valence-electron chi connectivity index (χ0n) is 6.91. The van der Waals surface area contributed by atoms with Crippen LogP contribution < -0.4 is 0 Å². The van der Waals surface area contributed by atoms with Gasteiger partial charge >= 0.3 is 61.0 Å². The predicted molar refractivity (Wildman–Crippen MR) is 45.5 cm³/mol. The summed E-state index contributed by atoms with van der Waals surface area (Å²) in [5, 5.41) is 3.25. The van der Waals surface area contributed by atoms with Gasteiger partial charge in [-0.25, -0.2) is 0 Å². The van der Waals surface area contributed by atoms with Crippen LogP contribution in [0, 0.1) is 5.92 Å². The van der Waals surface area contributed by atoms with Crippen molar-refractivity contribution in [2.24, 2.45) is 5.92 Å². The molecule has 54 valence electrons. The van der Waals surface area contributed by atoms with E-state index in [1.165, 1.54) is 12.8 Å². The molecule has 0 bridgehead atoms. The van der Waals surface area contributed by atoms with Crippen LogP contribution in [0.15, 0.2) is 0 Å². The molecule has 0 N–H and O–H groups in total. The first-order valence-electron chi connectivity index (χ1n) is 4.10. The van der Waals surface area contributed by atoms with E-state index in [2.05, 4.69) is 18.4 Å². The number of hydrogen-bond donors (Lipinski definition) is 0. The standard InChI is InChI=1S/C8H18Ge/c1-8-4-6-9(2,3)7-5-8/h8H,4-7H2,1-3H3. The molecule has 1 heteroatoms. The SMILES string of the molecule is CC1C[CH2][Ge]([CH3])([CH3])[CH2]C1. The summed E-state index contributed by atoms with van der Waals surface area (Å²) >= 11 is -1.08. The summed E-state index contributed by atoms with van der Waals surface area (Å²) in [7, 11) is 0. The van der Waals surface area contributed by atoms with E-state index in [-0.39, 0.29) is 0 Å². The summed E-state index contributed by atoms with van der Waals surface area (Å²) in [6.07, 6.45) is 3.07. The molecule has 0 aromatic rings. The van der Waals surface area contributed by atoms with Gasteiger partial charge in [0.2, 0.25) is 0 Å². The van der Waals surface area contributed by atoms with Crippen molar-refractivity contribution in [3.63, 3.8) is 0 Å². The Labute approximate surface area is 61.4 Å². The first-order valence-corrected chi connectivity index (χ1v) is 11.3. The van der Waals surface area contributed by atoms with Crippen molar-refractivity contribution in [2.45, 2.75) is 41.8 Å². The molecule has 0 nitrogen and oxygen atoms in total. The van der Waals surface area contributed by atoms with Crippen molar-refractivity contribution in [1.82, 2.24) is 0 Å². The Balaban J connectivity index is 2.35. The van der Waals surface area contributed by atoms with E-state index < -0.39 is 13.3 Å². The fourth-order valence-corrected chi connectivity index (χ4v) is 7.42. The van der Waals surface area contributed by atoms with Gasteiger partial charge in [0.25, 0.3) is 0 Å². The zero-order valence-corrected chi connectivity index (χ0v) is 9.00. The van der Waals surface area contributed by atoms with Crippen LogP contribution in [-0.2, 0) is 0 Å². The molecule has 0 aliphatic carbocycles. The minimum absolute atomic E-state index is 1.05. The molecule has 9 heavy (non-hydrogen) atoms. The van der Waals surface area contributed by atoms with Crippen molar-refractivity contribution in [3.05, 3.63) is 0 Å². The van der Waals surface area contributed by atoms with Crippen LogP contribution in [0.2, 0.25) is 22.0 Å². The Morgan fingerprint density at radius 3 is 1.89 bits per heavy atom. The van der Waals surface area contributed by atoms with Gasteiger partial charge in [-0.3, -0.25) is 0 Å². The van der Waals surface area contributed by atoms with Gasteiger partial charge in [-0.1, -0.05) is 0 Å². The average molecular weight is 187 g/mol. The van der Waals surface area contributed by atoms with Crippen LogP contribution in [0.4, 0.5) is 0 Å². The zero-order chi connectivity index (χ0) is 6.91. The maximum atomic E-state index is 2.58. The minimum atomic E-state index is -1.08. The average Bonchev–Trinajstić information content (AvgIpc) is 1.78. The molecule has 1 aliphatic heterocycles. The molecule has 0 radical (unpaired) electrons. The van der Waals surface area contributed by atoms with Gasteiger partial charge in [0.05, 0.1) is 0 Å². The normalized spacial score (nSPS) is 28.3. The summed E-state index contributed by atoms with van der Waals surface area (Å²) in [6.45, 7) is 2.40. The van der Waals surface area contributed by atoms with Gasteiger partial charge in [0.15, 0.2) is 0 Å². The van der Waals surface area contributed by atoms with Crippen LogP contribution in [0.1, 0.15) is 19.8 Å². The molecule has 1 rings (SSSR count). The van der Waals surface area contributed by atoms with E-state index in [9.17, 15) is 0 Å². The van der Waals surface area contributed by atoms with Crippen LogP contribution in [0.25, 0.3) is 0 Å². The van der Waals surface area contributed by atoms with Gasteiger partial charge in [-0.05, 0) is 0 Å². The van der Waals surface area contributed by atoms with Crippen molar-refractivity contribution in [2.75, 3.05) is 0 Å². The molecule has 0 atom stereocenters. The Hall–Kier alpha value is 0.543. The van der Waals surface area contributed by atoms with Crippen LogP contribution in [-0.4, -0.2) is 13.3 Å². The van der Waals surface area contributed by atoms with E-state index in [0.717, 1.165) is 5.92 Å². The third kappa shape index (κ3) is 2.32. The quantitative estimate of drug-likeness (QED) is 0.511. The second kappa shape index (κ2) is 2.65. The molecule has 1 heterocycles.